The Kier molecular flexibility index (Phi) is 27.3. The molecule has 1 aliphatic heterocycles. The van der Waals surface area contributed by atoms with Gasteiger partial charge in [-0.05, 0) is 51.0 Å². The smallest absolute Gasteiger partial charge is 0.325 e. The molecule has 9 nitrogen and oxygen atoms in total. The molecule has 4 atom stereocenters. The number of hydrogen-bond donors (Lipinski definition) is 2. The van der Waals surface area contributed by atoms with E-state index in [0.29, 0.717) is 32.0 Å². The maximum Gasteiger partial charge on any atom is 0.339 e. The van der Waals surface area contributed by atoms with Crippen molar-refractivity contribution < 1.29 is 9.59 Å². The van der Waals surface area contributed by atoms with Crippen LogP contribution in [0.3, 0.4) is 0 Å². The van der Waals surface area contributed by atoms with Crippen molar-refractivity contribution in [1.29, 1.82) is 5.26 Å². The van der Waals surface area contributed by atoms with E-state index < -0.39 is 6.04 Å². The quantitative estimate of drug-likeness (QED) is 0.0398. The van der Waals surface area contributed by atoms with E-state index in [2.05, 4.69) is 54.6 Å². The molecule has 0 aromatic carbocycles. The first kappa shape index (κ1) is 44.0. The van der Waals surface area contributed by atoms with Crippen molar-refractivity contribution >= 4 is 11.9 Å². The Labute approximate surface area is 295 Å². The number of nitroso groups, excluding NO2 is 1. The fourth-order valence-corrected chi connectivity index (χ4v) is 6.78. The summed E-state index contributed by atoms with van der Waals surface area (Å²) in [6, 6.07) is 1.51. The first-order valence-corrected chi connectivity index (χ1v) is 20.2. The summed E-state index contributed by atoms with van der Waals surface area (Å²) in [4.78, 5) is 39.2. The molecule has 48 heavy (non-hydrogen) atoms. The zero-order valence-corrected chi connectivity index (χ0v) is 31.6. The summed E-state index contributed by atoms with van der Waals surface area (Å²) in [5, 5.41) is 17.5. The number of nitrogens with zero attached hydrogens (tertiary/aromatic N) is 4. The van der Waals surface area contributed by atoms with Crippen LogP contribution in [0.5, 0.6) is 0 Å². The number of unbranched alkanes of at least 4 members (excludes halogenated alkanes) is 15. The van der Waals surface area contributed by atoms with Crippen LogP contribution in [0.15, 0.2) is 5.18 Å². The third kappa shape index (κ3) is 21.1. The van der Waals surface area contributed by atoms with Crippen LogP contribution in [-0.2, 0) is 4.79 Å². The third-order valence-electron chi connectivity index (χ3n) is 10.0. The van der Waals surface area contributed by atoms with Gasteiger partial charge in [0.15, 0.2) is 0 Å². The van der Waals surface area contributed by atoms with Crippen molar-refractivity contribution in [3.63, 3.8) is 0 Å². The molecule has 278 valence electrons. The fraction of sp³-hybridized carbons (Fsp3) is 0.923. The van der Waals surface area contributed by atoms with Gasteiger partial charge in [0.25, 0.3) is 5.91 Å². The summed E-state index contributed by atoms with van der Waals surface area (Å²) >= 11 is 0. The van der Waals surface area contributed by atoms with Gasteiger partial charge in [-0.3, -0.25) is 9.69 Å². The van der Waals surface area contributed by atoms with E-state index in [-0.39, 0.29) is 23.9 Å². The van der Waals surface area contributed by atoms with Crippen LogP contribution in [-0.4, -0.2) is 60.1 Å². The van der Waals surface area contributed by atoms with Crippen molar-refractivity contribution in [2.45, 2.75) is 194 Å². The second-order valence-corrected chi connectivity index (χ2v) is 14.6. The van der Waals surface area contributed by atoms with E-state index in [1.54, 1.807) is 0 Å². The summed E-state index contributed by atoms with van der Waals surface area (Å²) in [7, 11) is 0. The highest BCUT2D eigenvalue weighted by molar-refractivity contribution is 6.03. The highest BCUT2D eigenvalue weighted by atomic mass is 16.3. The number of hydrogen-bond acceptors (Lipinski definition) is 7. The van der Waals surface area contributed by atoms with Crippen molar-refractivity contribution in [1.82, 2.24) is 20.7 Å². The lowest BCUT2D eigenvalue weighted by Gasteiger charge is -2.27. The molecule has 0 aromatic heterocycles. The summed E-state index contributed by atoms with van der Waals surface area (Å²) in [6.45, 7) is 11.5. The first-order chi connectivity index (χ1) is 23.4. The molecule has 0 aromatic rings. The Morgan fingerprint density at radius 1 is 0.771 bits per heavy atom. The van der Waals surface area contributed by atoms with E-state index in [9.17, 15) is 19.8 Å². The first-order valence-electron chi connectivity index (χ1n) is 20.2. The molecule has 9 heteroatoms. The van der Waals surface area contributed by atoms with Gasteiger partial charge in [-0.25, -0.2) is 10.2 Å². The topological polar surface area (TPSA) is 118 Å². The predicted molar refractivity (Wildman–Crippen MR) is 199 cm³/mol. The molecule has 0 spiro atoms. The van der Waals surface area contributed by atoms with Crippen LogP contribution >= 0.6 is 0 Å². The van der Waals surface area contributed by atoms with Crippen LogP contribution < -0.4 is 10.7 Å². The number of carbonyl (C=O) groups excluding carboxylic acids is 2. The zero-order chi connectivity index (χ0) is 35.2. The average molecular weight is 675 g/mol. The van der Waals surface area contributed by atoms with E-state index >= 15 is 0 Å². The highest BCUT2D eigenvalue weighted by Crippen LogP contribution is 2.21. The molecule has 1 fully saturated rings. The normalized spacial score (nSPS) is 16.7. The van der Waals surface area contributed by atoms with Crippen LogP contribution in [0.2, 0.25) is 0 Å². The minimum atomic E-state index is -0.433. The molecule has 1 saturated heterocycles. The summed E-state index contributed by atoms with van der Waals surface area (Å²) in [5.41, 5.74) is 3.03. The van der Waals surface area contributed by atoms with Crippen LogP contribution in [0.1, 0.15) is 182 Å². The Morgan fingerprint density at radius 3 is 1.96 bits per heavy atom. The van der Waals surface area contributed by atoms with Gasteiger partial charge in [-0.2, -0.15) is 15.2 Å². The lowest BCUT2D eigenvalue weighted by molar-refractivity contribution is -0.129. The Bertz CT molecular complexity index is 865. The van der Waals surface area contributed by atoms with E-state index in [4.69, 9.17) is 0 Å². The SMILES string of the molecule is CCCCCCCCCCC(CN(CCCCNN1C(=O)NC(CCCCC)C1=O)CC(C#N)CCC(C)CCCCCCCC)N=O. The summed E-state index contributed by atoms with van der Waals surface area (Å²) in [6.07, 6.45) is 27.0. The third-order valence-corrected chi connectivity index (χ3v) is 10.0. The molecule has 1 aliphatic rings. The number of rotatable bonds is 34. The van der Waals surface area contributed by atoms with Crippen molar-refractivity contribution in [2.75, 3.05) is 26.2 Å². The minimum absolute atomic E-state index is 0.0684. The molecule has 3 amide bonds. The molecule has 0 radical (unpaired) electrons. The second-order valence-electron chi connectivity index (χ2n) is 14.6. The lowest BCUT2D eigenvalue weighted by Crippen LogP contribution is -2.44. The van der Waals surface area contributed by atoms with Gasteiger partial charge in [0.1, 0.15) is 12.1 Å². The number of hydrazine groups is 1. The van der Waals surface area contributed by atoms with Gasteiger partial charge in [-0.1, -0.05) is 148 Å². The fourth-order valence-electron chi connectivity index (χ4n) is 6.78. The Hall–Kier alpha value is -2.05. The highest BCUT2D eigenvalue weighted by Gasteiger charge is 2.37. The van der Waals surface area contributed by atoms with Gasteiger partial charge < -0.3 is 5.32 Å². The number of imide groups is 1. The monoisotopic (exact) mass is 675 g/mol. The van der Waals surface area contributed by atoms with Crippen molar-refractivity contribution in [3.8, 4) is 6.07 Å². The van der Waals surface area contributed by atoms with Crippen molar-refractivity contribution in [2.24, 2.45) is 17.0 Å². The van der Waals surface area contributed by atoms with E-state index in [1.165, 1.54) is 83.5 Å². The maximum atomic E-state index is 12.7. The molecular weight excluding hydrogens is 600 g/mol. The van der Waals surface area contributed by atoms with Gasteiger partial charge in [-0.15, -0.1) is 0 Å². The van der Waals surface area contributed by atoms with Gasteiger partial charge in [0, 0.05) is 19.6 Å². The Morgan fingerprint density at radius 2 is 1.35 bits per heavy atom. The predicted octanol–water partition coefficient (Wildman–Crippen LogP) is 10.0. The second kappa shape index (κ2) is 29.8. The zero-order valence-electron chi connectivity index (χ0n) is 31.6. The molecule has 0 bridgehead atoms. The number of nitrogens with one attached hydrogen (secondary N) is 2. The van der Waals surface area contributed by atoms with Crippen LogP contribution in [0.4, 0.5) is 4.79 Å². The van der Waals surface area contributed by atoms with Crippen LogP contribution in [0.25, 0.3) is 0 Å². The molecule has 1 heterocycles. The van der Waals surface area contributed by atoms with Gasteiger partial charge >= 0.3 is 6.03 Å². The molecule has 2 N–H and O–H groups in total. The molecule has 0 saturated carbocycles. The maximum absolute atomic E-state index is 12.7. The minimum Gasteiger partial charge on any atom is -0.325 e. The molecule has 1 rings (SSSR count). The number of amides is 3. The summed E-state index contributed by atoms with van der Waals surface area (Å²) < 4.78 is 0. The lowest BCUT2D eigenvalue weighted by atomic mass is 9.93. The van der Waals surface area contributed by atoms with Gasteiger partial charge in [0.05, 0.1) is 12.0 Å². The largest absolute Gasteiger partial charge is 0.339 e. The van der Waals surface area contributed by atoms with Crippen LogP contribution in [0, 0.1) is 28.1 Å². The molecule has 0 aliphatic carbocycles. The average Bonchev–Trinajstić information content (AvgIpc) is 3.35. The van der Waals surface area contributed by atoms with E-state index in [1.807, 2.05) is 0 Å². The molecular formula is C39H74N6O3. The number of nitriles is 1. The standard InChI is InChI=1S/C39H74N6O3/c1-5-8-11-13-15-16-18-21-25-36(43-48)33-44(32-35(31-40)28-27-34(4)24-20-17-14-12-9-6-2)30-23-22-29-41-45-38(46)37(42-39(45)47)26-19-10-7-3/h34-37,41H,5-30,32-33H2,1-4H3,(H,42,47). The Balaban J connectivity index is 2.59. The molecule has 4 unspecified atom stereocenters. The number of urea groups is 1. The van der Waals surface area contributed by atoms with Crippen molar-refractivity contribution in [3.05, 3.63) is 4.91 Å². The van der Waals surface area contributed by atoms with E-state index in [0.717, 1.165) is 75.8 Å². The summed E-state index contributed by atoms with van der Waals surface area (Å²) in [5.74, 6) is 0.358. The number of carbonyl (C=O) groups is 2. The van der Waals surface area contributed by atoms with Gasteiger partial charge in [0.2, 0.25) is 0 Å².